The van der Waals surface area contributed by atoms with Gasteiger partial charge in [-0.3, -0.25) is 4.90 Å². The van der Waals surface area contributed by atoms with Crippen LogP contribution in [0.5, 0.6) is 11.5 Å². The lowest BCUT2D eigenvalue weighted by molar-refractivity contribution is -0.137. The number of rotatable bonds is 13. The maximum atomic E-state index is 14.3. The Morgan fingerprint density at radius 3 is 2.02 bits per heavy atom. The van der Waals surface area contributed by atoms with Gasteiger partial charge in [-0.05, 0) is 65.4 Å². The van der Waals surface area contributed by atoms with E-state index in [1.165, 1.54) is 6.07 Å². The molecular formula is C34H35F4NO2. The number of ether oxygens (including phenoxy) is 2. The summed E-state index contributed by atoms with van der Waals surface area (Å²) >= 11 is 0. The first kappa shape index (κ1) is 30.1. The topological polar surface area (TPSA) is 21.7 Å². The van der Waals surface area contributed by atoms with Gasteiger partial charge in [0.25, 0.3) is 0 Å². The number of hydrogen-bond donors (Lipinski definition) is 0. The number of methoxy groups -OCH3 is 1. The van der Waals surface area contributed by atoms with Gasteiger partial charge in [0.1, 0.15) is 5.82 Å². The summed E-state index contributed by atoms with van der Waals surface area (Å²) in [7, 11) is 1.59. The fourth-order valence-corrected chi connectivity index (χ4v) is 4.95. The van der Waals surface area contributed by atoms with Crippen LogP contribution in [0.1, 0.15) is 47.1 Å². The van der Waals surface area contributed by atoms with Crippen molar-refractivity contribution < 1.29 is 27.0 Å². The van der Waals surface area contributed by atoms with Crippen LogP contribution in [-0.4, -0.2) is 31.7 Å². The minimum atomic E-state index is -4.63. The van der Waals surface area contributed by atoms with E-state index < -0.39 is 17.6 Å². The highest BCUT2D eigenvalue weighted by molar-refractivity contribution is 5.43. The zero-order valence-corrected chi connectivity index (χ0v) is 23.3. The molecule has 0 saturated heterocycles. The van der Waals surface area contributed by atoms with E-state index in [2.05, 4.69) is 36.1 Å². The van der Waals surface area contributed by atoms with Gasteiger partial charge >= 0.3 is 6.18 Å². The smallest absolute Gasteiger partial charge is 0.416 e. The normalized spacial score (nSPS) is 11.7. The van der Waals surface area contributed by atoms with Crippen LogP contribution < -0.4 is 9.47 Å². The van der Waals surface area contributed by atoms with Crippen LogP contribution in [0.25, 0.3) is 0 Å². The number of halogens is 4. The molecule has 0 saturated carbocycles. The van der Waals surface area contributed by atoms with Crippen LogP contribution in [0.4, 0.5) is 17.6 Å². The largest absolute Gasteiger partial charge is 0.493 e. The first-order chi connectivity index (χ1) is 19.8. The third-order valence-corrected chi connectivity index (χ3v) is 7.05. The molecule has 4 aromatic carbocycles. The van der Waals surface area contributed by atoms with E-state index >= 15 is 0 Å². The third kappa shape index (κ3) is 8.57. The minimum Gasteiger partial charge on any atom is -0.493 e. The number of aryl methyl sites for hydroxylation is 1. The molecule has 7 heteroatoms. The van der Waals surface area contributed by atoms with Crippen molar-refractivity contribution in [2.45, 2.75) is 38.4 Å². The Kier molecular flexibility index (Phi) is 10.4. The molecule has 0 bridgehead atoms. The Morgan fingerprint density at radius 1 is 0.780 bits per heavy atom. The summed E-state index contributed by atoms with van der Waals surface area (Å²) in [5, 5.41) is 0. The van der Waals surface area contributed by atoms with Gasteiger partial charge in [-0.25, -0.2) is 4.39 Å². The summed E-state index contributed by atoms with van der Waals surface area (Å²) < 4.78 is 66.2. The molecule has 0 atom stereocenters. The molecule has 0 amide bonds. The highest BCUT2D eigenvalue weighted by Gasteiger charge is 2.31. The standard InChI is InChI=1S/C34H35F4NO2/c1-3-25-15-16-32(40-2)33(21-25)41-18-10-17-39(23-26-19-29(34(36,37)38)22-30(35)20-26)24-31(27-11-6-4-7-12-27)28-13-8-5-9-14-28/h4-9,11-16,19-22,31H,3,10,17-18,23-24H2,1-2H3. The van der Waals surface area contributed by atoms with E-state index in [4.69, 9.17) is 9.47 Å². The molecule has 41 heavy (non-hydrogen) atoms. The van der Waals surface area contributed by atoms with Crippen LogP contribution in [0.3, 0.4) is 0 Å². The van der Waals surface area contributed by atoms with Crippen molar-refractivity contribution in [3.8, 4) is 11.5 Å². The Morgan fingerprint density at radius 2 is 1.44 bits per heavy atom. The summed E-state index contributed by atoms with van der Waals surface area (Å²) in [4.78, 5) is 2.07. The molecule has 0 aliphatic carbocycles. The maximum Gasteiger partial charge on any atom is 0.416 e. The lowest BCUT2D eigenvalue weighted by Crippen LogP contribution is -2.31. The molecule has 0 heterocycles. The maximum absolute atomic E-state index is 14.3. The average molecular weight is 566 g/mol. The van der Waals surface area contributed by atoms with Crippen LogP contribution >= 0.6 is 0 Å². The Hall–Kier alpha value is -3.84. The fourth-order valence-electron chi connectivity index (χ4n) is 4.95. The van der Waals surface area contributed by atoms with Crippen LogP contribution in [0, 0.1) is 5.82 Å². The Balaban J connectivity index is 1.57. The van der Waals surface area contributed by atoms with Crippen LogP contribution in [0.2, 0.25) is 0 Å². The van der Waals surface area contributed by atoms with Gasteiger partial charge in [0.05, 0.1) is 19.3 Å². The summed E-state index contributed by atoms with van der Waals surface area (Å²) in [5.74, 6) is 0.371. The van der Waals surface area contributed by atoms with Crippen molar-refractivity contribution in [1.82, 2.24) is 4.90 Å². The van der Waals surface area contributed by atoms with E-state index in [9.17, 15) is 17.6 Å². The third-order valence-electron chi connectivity index (χ3n) is 7.05. The molecule has 0 aliphatic rings. The molecule has 4 aromatic rings. The van der Waals surface area contributed by atoms with Gasteiger partial charge in [-0.15, -0.1) is 0 Å². The van der Waals surface area contributed by atoms with E-state index in [0.29, 0.717) is 43.7 Å². The van der Waals surface area contributed by atoms with Crippen molar-refractivity contribution in [1.29, 1.82) is 0 Å². The average Bonchev–Trinajstić information content (AvgIpc) is 2.98. The fraction of sp³-hybridized carbons (Fsp3) is 0.294. The summed E-state index contributed by atoms with van der Waals surface area (Å²) in [5.41, 5.74) is 2.60. The second-order valence-electron chi connectivity index (χ2n) is 10.00. The lowest BCUT2D eigenvalue weighted by atomic mass is 9.90. The highest BCUT2D eigenvalue weighted by Crippen LogP contribution is 2.32. The molecule has 0 aliphatic heterocycles. The van der Waals surface area contributed by atoms with E-state index in [-0.39, 0.29) is 18.0 Å². The monoisotopic (exact) mass is 565 g/mol. The highest BCUT2D eigenvalue weighted by atomic mass is 19.4. The van der Waals surface area contributed by atoms with Gasteiger partial charge in [-0.2, -0.15) is 13.2 Å². The molecule has 216 valence electrons. The van der Waals surface area contributed by atoms with Gasteiger partial charge in [0.15, 0.2) is 11.5 Å². The van der Waals surface area contributed by atoms with E-state index in [1.54, 1.807) is 7.11 Å². The van der Waals surface area contributed by atoms with Crippen LogP contribution in [0.15, 0.2) is 97.1 Å². The van der Waals surface area contributed by atoms with Crippen LogP contribution in [-0.2, 0) is 19.1 Å². The number of nitrogens with zero attached hydrogens (tertiary/aromatic N) is 1. The molecule has 0 radical (unpaired) electrons. The molecule has 0 fully saturated rings. The summed E-state index contributed by atoms with van der Waals surface area (Å²) in [6, 6.07) is 28.6. The zero-order chi connectivity index (χ0) is 29.2. The molecule has 0 N–H and O–H groups in total. The van der Waals surface area contributed by atoms with Crippen molar-refractivity contribution in [2.24, 2.45) is 0 Å². The molecule has 0 unspecified atom stereocenters. The SMILES string of the molecule is CCc1ccc(OC)c(OCCCN(Cc2cc(F)cc(C(F)(F)F)c2)CC(c2ccccc2)c2ccccc2)c1. The van der Waals surface area contributed by atoms with Gasteiger partial charge in [-0.1, -0.05) is 73.7 Å². The second kappa shape index (κ2) is 14.2. The molecular weight excluding hydrogens is 530 g/mol. The Labute approximate surface area is 239 Å². The lowest BCUT2D eigenvalue weighted by Gasteiger charge is -2.29. The number of alkyl halides is 3. The minimum absolute atomic E-state index is 0.0321. The molecule has 0 spiro atoms. The number of hydrogen-bond acceptors (Lipinski definition) is 3. The van der Waals surface area contributed by atoms with E-state index in [0.717, 1.165) is 29.2 Å². The second-order valence-corrected chi connectivity index (χ2v) is 10.00. The first-order valence-corrected chi connectivity index (χ1v) is 13.8. The van der Waals surface area contributed by atoms with Crippen molar-refractivity contribution in [3.63, 3.8) is 0 Å². The molecule has 4 rings (SSSR count). The van der Waals surface area contributed by atoms with Gasteiger partial charge in [0.2, 0.25) is 0 Å². The quantitative estimate of drug-likeness (QED) is 0.120. The predicted molar refractivity (Wildman–Crippen MR) is 154 cm³/mol. The van der Waals surface area contributed by atoms with E-state index in [1.807, 2.05) is 54.6 Å². The molecule has 0 aromatic heterocycles. The van der Waals surface area contributed by atoms with Crippen molar-refractivity contribution in [2.75, 3.05) is 26.8 Å². The number of benzene rings is 4. The summed E-state index contributed by atoms with van der Waals surface area (Å²) in [6.07, 6.45) is -3.16. The van der Waals surface area contributed by atoms with Crippen molar-refractivity contribution in [3.05, 3.63) is 131 Å². The van der Waals surface area contributed by atoms with Gasteiger partial charge in [0, 0.05) is 25.6 Å². The summed E-state index contributed by atoms with van der Waals surface area (Å²) in [6.45, 7) is 3.67. The zero-order valence-electron chi connectivity index (χ0n) is 23.3. The predicted octanol–water partition coefficient (Wildman–Crippen LogP) is 8.52. The van der Waals surface area contributed by atoms with Crippen molar-refractivity contribution >= 4 is 0 Å². The Bertz CT molecular complexity index is 1340. The molecule has 3 nitrogen and oxygen atoms in total. The van der Waals surface area contributed by atoms with Gasteiger partial charge < -0.3 is 9.47 Å². The first-order valence-electron chi connectivity index (χ1n) is 13.8.